The molecule has 5 heteroatoms. The lowest BCUT2D eigenvalue weighted by Gasteiger charge is -2.33. The second kappa shape index (κ2) is 7.07. The van der Waals surface area contributed by atoms with E-state index in [2.05, 4.69) is 9.74 Å². The largest absolute Gasteiger partial charge is 0.450 e. The van der Waals surface area contributed by atoms with Crippen LogP contribution >= 0.6 is 0 Å². The van der Waals surface area contributed by atoms with Gasteiger partial charge in [-0.15, -0.1) is 0 Å². The van der Waals surface area contributed by atoms with Crippen LogP contribution in [-0.2, 0) is 4.74 Å². The van der Waals surface area contributed by atoms with Crippen LogP contribution in [0.1, 0.15) is 13.3 Å². The topological polar surface area (TPSA) is 37.1 Å². The van der Waals surface area contributed by atoms with Gasteiger partial charge in [-0.2, -0.15) is 0 Å². The Morgan fingerprint density at radius 2 is 2.06 bits per heavy atom. The van der Waals surface area contributed by atoms with Crippen molar-refractivity contribution in [3.63, 3.8) is 0 Å². The summed E-state index contributed by atoms with van der Waals surface area (Å²) in [5.74, 6) is 0. The summed E-state index contributed by atoms with van der Waals surface area (Å²) in [5.41, 5.74) is 0. The van der Waals surface area contributed by atoms with Crippen LogP contribution in [0, 0.1) is 6.57 Å². The Kier molecular flexibility index (Phi) is 5.65. The first-order chi connectivity index (χ1) is 7.77. The molecule has 5 nitrogen and oxygen atoms in total. The maximum atomic E-state index is 11.4. The van der Waals surface area contributed by atoms with Crippen LogP contribution in [0.2, 0.25) is 0 Å². The van der Waals surface area contributed by atoms with Crippen LogP contribution in [-0.4, -0.2) is 61.8 Å². The molecule has 0 saturated carbocycles. The maximum absolute atomic E-state index is 11.4. The molecule has 0 spiro atoms. The van der Waals surface area contributed by atoms with Gasteiger partial charge in [-0.25, -0.2) is 11.4 Å². The van der Waals surface area contributed by atoms with E-state index in [0.29, 0.717) is 13.2 Å². The summed E-state index contributed by atoms with van der Waals surface area (Å²) in [4.78, 5) is 18.8. The van der Waals surface area contributed by atoms with E-state index in [-0.39, 0.29) is 6.09 Å². The number of hydrogen-bond acceptors (Lipinski definition) is 3. The Labute approximate surface area is 96.8 Å². The summed E-state index contributed by atoms with van der Waals surface area (Å²) in [6, 6.07) is 0. The molecule has 1 aliphatic rings. The lowest BCUT2D eigenvalue weighted by Crippen LogP contribution is -2.49. The van der Waals surface area contributed by atoms with Crippen molar-refractivity contribution >= 4 is 6.09 Å². The van der Waals surface area contributed by atoms with Gasteiger partial charge in [0.25, 0.3) is 0 Å². The molecular formula is C11H19N3O2. The normalized spacial score (nSPS) is 16.9. The fraction of sp³-hybridized carbons (Fsp3) is 0.818. The van der Waals surface area contributed by atoms with Crippen LogP contribution in [0.25, 0.3) is 4.85 Å². The average Bonchev–Trinajstić information content (AvgIpc) is 2.30. The summed E-state index contributed by atoms with van der Waals surface area (Å²) in [5, 5.41) is 0. The number of nitrogens with zero attached hydrogens (tertiary/aromatic N) is 3. The summed E-state index contributed by atoms with van der Waals surface area (Å²) in [6.45, 7) is 13.7. The summed E-state index contributed by atoms with van der Waals surface area (Å²) in [6.07, 6.45) is 0.714. The van der Waals surface area contributed by atoms with E-state index in [1.165, 1.54) is 0 Å². The van der Waals surface area contributed by atoms with Gasteiger partial charge in [-0.1, -0.05) is 0 Å². The summed E-state index contributed by atoms with van der Waals surface area (Å²) >= 11 is 0. The van der Waals surface area contributed by atoms with Crippen molar-refractivity contribution in [2.24, 2.45) is 0 Å². The monoisotopic (exact) mass is 225 g/mol. The third kappa shape index (κ3) is 4.07. The number of amides is 1. The average molecular weight is 225 g/mol. The Morgan fingerprint density at radius 1 is 1.38 bits per heavy atom. The highest BCUT2D eigenvalue weighted by molar-refractivity contribution is 5.67. The molecule has 1 saturated heterocycles. The highest BCUT2D eigenvalue weighted by Crippen LogP contribution is 2.04. The molecule has 1 rings (SSSR count). The number of carbonyl (C=O) groups is 1. The summed E-state index contributed by atoms with van der Waals surface area (Å²) in [7, 11) is 0. The number of rotatable bonds is 4. The zero-order valence-corrected chi connectivity index (χ0v) is 9.81. The third-order valence-corrected chi connectivity index (χ3v) is 2.64. The predicted molar refractivity (Wildman–Crippen MR) is 61.1 cm³/mol. The van der Waals surface area contributed by atoms with E-state index in [0.717, 1.165) is 39.1 Å². The standard InChI is InChI=1S/C11H19N3O2/c1-3-16-11(15)14-9-7-13(8-10-14)6-4-5-12-2/h3-10H2,1H3. The van der Waals surface area contributed by atoms with Gasteiger partial charge in [0.2, 0.25) is 6.54 Å². The van der Waals surface area contributed by atoms with Gasteiger partial charge in [0.05, 0.1) is 6.61 Å². The molecule has 0 N–H and O–H groups in total. The Morgan fingerprint density at radius 3 is 2.62 bits per heavy atom. The fourth-order valence-corrected chi connectivity index (χ4v) is 1.74. The van der Waals surface area contributed by atoms with Crippen LogP contribution in [0.15, 0.2) is 0 Å². The van der Waals surface area contributed by atoms with Gasteiger partial charge < -0.3 is 14.5 Å². The van der Waals surface area contributed by atoms with E-state index in [4.69, 9.17) is 11.3 Å². The molecule has 1 fully saturated rings. The molecule has 90 valence electrons. The van der Waals surface area contributed by atoms with E-state index < -0.39 is 0 Å². The van der Waals surface area contributed by atoms with Crippen molar-refractivity contribution in [3.8, 4) is 0 Å². The molecule has 0 bridgehead atoms. The van der Waals surface area contributed by atoms with Crippen LogP contribution in [0.4, 0.5) is 4.79 Å². The zero-order valence-electron chi connectivity index (χ0n) is 9.81. The van der Waals surface area contributed by atoms with Crippen molar-refractivity contribution in [1.82, 2.24) is 9.80 Å². The second-order valence-electron chi connectivity index (χ2n) is 3.76. The van der Waals surface area contributed by atoms with Gasteiger partial charge in [0.1, 0.15) is 0 Å². The first kappa shape index (κ1) is 12.8. The quantitative estimate of drug-likeness (QED) is 0.530. The van der Waals surface area contributed by atoms with Gasteiger partial charge >= 0.3 is 6.09 Å². The number of ether oxygens (including phenoxy) is 1. The minimum Gasteiger partial charge on any atom is -0.450 e. The predicted octanol–water partition coefficient (Wildman–Crippen LogP) is 1.07. The molecule has 0 aliphatic carbocycles. The van der Waals surface area contributed by atoms with Crippen molar-refractivity contribution < 1.29 is 9.53 Å². The number of piperazine rings is 1. The lowest BCUT2D eigenvalue weighted by molar-refractivity contribution is 0.0797. The van der Waals surface area contributed by atoms with Gasteiger partial charge in [-0.3, -0.25) is 4.90 Å². The van der Waals surface area contributed by atoms with E-state index in [1.807, 2.05) is 6.92 Å². The third-order valence-electron chi connectivity index (χ3n) is 2.64. The Balaban J connectivity index is 2.18. The first-order valence-corrected chi connectivity index (χ1v) is 5.75. The highest BCUT2D eigenvalue weighted by Gasteiger charge is 2.21. The fourth-order valence-electron chi connectivity index (χ4n) is 1.74. The van der Waals surface area contributed by atoms with Gasteiger partial charge in [-0.05, 0) is 6.92 Å². The molecule has 1 heterocycles. The van der Waals surface area contributed by atoms with Crippen molar-refractivity contribution in [2.45, 2.75) is 13.3 Å². The molecule has 1 aliphatic heterocycles. The molecule has 0 atom stereocenters. The van der Waals surface area contributed by atoms with E-state index >= 15 is 0 Å². The lowest BCUT2D eigenvalue weighted by atomic mass is 10.3. The molecule has 1 amide bonds. The first-order valence-electron chi connectivity index (χ1n) is 5.75. The van der Waals surface area contributed by atoms with Gasteiger partial charge in [0.15, 0.2) is 0 Å². The van der Waals surface area contributed by atoms with E-state index in [1.54, 1.807) is 4.90 Å². The SMILES string of the molecule is [C-]#[N+]CCCN1CCN(C(=O)OCC)CC1. The Bertz CT molecular complexity index is 254. The van der Waals surface area contributed by atoms with Crippen molar-refractivity contribution in [2.75, 3.05) is 45.9 Å². The smallest absolute Gasteiger partial charge is 0.409 e. The number of hydrogen-bond donors (Lipinski definition) is 0. The molecule has 0 aromatic carbocycles. The maximum Gasteiger partial charge on any atom is 0.409 e. The number of carbonyl (C=O) groups excluding carboxylic acids is 1. The summed E-state index contributed by atoms with van der Waals surface area (Å²) < 4.78 is 4.94. The minimum absolute atomic E-state index is 0.205. The molecule has 16 heavy (non-hydrogen) atoms. The van der Waals surface area contributed by atoms with Crippen molar-refractivity contribution in [1.29, 1.82) is 0 Å². The van der Waals surface area contributed by atoms with Crippen molar-refractivity contribution in [3.05, 3.63) is 11.4 Å². The minimum atomic E-state index is -0.205. The molecule has 0 aromatic rings. The van der Waals surface area contributed by atoms with Gasteiger partial charge in [0, 0.05) is 39.1 Å². The molecule has 0 unspecified atom stereocenters. The van der Waals surface area contributed by atoms with E-state index in [9.17, 15) is 4.79 Å². The van der Waals surface area contributed by atoms with Crippen LogP contribution in [0.3, 0.4) is 0 Å². The van der Waals surface area contributed by atoms with Crippen LogP contribution in [0.5, 0.6) is 0 Å². The highest BCUT2D eigenvalue weighted by atomic mass is 16.6. The Hall–Kier alpha value is -1.28. The molecule has 0 aromatic heterocycles. The molecule has 0 radical (unpaired) electrons. The molecular weight excluding hydrogens is 206 g/mol. The zero-order chi connectivity index (χ0) is 11.8. The second-order valence-corrected chi connectivity index (χ2v) is 3.76. The van der Waals surface area contributed by atoms with Crippen LogP contribution < -0.4 is 0 Å².